The third-order valence-corrected chi connectivity index (χ3v) is 2.85. The van der Waals surface area contributed by atoms with E-state index in [1.54, 1.807) is 0 Å². The molecule has 16 heteroatoms. The number of hydrogen-bond donors (Lipinski definition) is 3. The van der Waals surface area contributed by atoms with Crippen LogP contribution < -0.4 is 5.32 Å². The van der Waals surface area contributed by atoms with E-state index in [0.29, 0.717) is 5.69 Å². The number of carboxylic acid groups (broad SMARTS) is 2. The molecule has 1 aromatic rings. The summed E-state index contributed by atoms with van der Waals surface area (Å²) in [5, 5.41) is 17.3. The maximum Gasteiger partial charge on any atom is 0.490 e. The molecule has 3 N–H and O–H groups in total. The van der Waals surface area contributed by atoms with Gasteiger partial charge in [0.15, 0.2) is 0 Å². The van der Waals surface area contributed by atoms with Crippen molar-refractivity contribution in [1.29, 1.82) is 0 Å². The fourth-order valence-electron chi connectivity index (χ4n) is 1.26. The van der Waals surface area contributed by atoms with Crippen molar-refractivity contribution in [3.63, 3.8) is 0 Å². The van der Waals surface area contributed by atoms with Crippen molar-refractivity contribution >= 4 is 11.9 Å². The highest BCUT2D eigenvalue weighted by atomic mass is 19.4. The van der Waals surface area contributed by atoms with Crippen LogP contribution >= 0.6 is 0 Å². The second-order valence-corrected chi connectivity index (χ2v) is 5.23. The molecule has 0 radical (unpaired) electrons. The van der Waals surface area contributed by atoms with E-state index in [0.717, 1.165) is 25.4 Å². The zero-order valence-electron chi connectivity index (χ0n) is 14.4. The molecule has 0 spiro atoms. The van der Waals surface area contributed by atoms with Crippen molar-refractivity contribution < 1.29 is 64.1 Å². The van der Waals surface area contributed by atoms with Gasteiger partial charge in [-0.3, -0.25) is 4.98 Å². The summed E-state index contributed by atoms with van der Waals surface area (Å²) >= 11 is 0. The van der Waals surface area contributed by atoms with Crippen LogP contribution in [-0.2, 0) is 27.1 Å². The van der Waals surface area contributed by atoms with Crippen molar-refractivity contribution in [3.8, 4) is 0 Å². The lowest BCUT2D eigenvalue weighted by Crippen LogP contribution is -2.48. The summed E-state index contributed by atoms with van der Waals surface area (Å²) in [7, 11) is 0. The molecule has 0 bridgehead atoms. The first kappa shape index (κ1) is 27.4. The van der Waals surface area contributed by atoms with Gasteiger partial charge in [-0.2, -0.15) is 39.5 Å². The molecule has 1 aliphatic rings. The number of rotatable bonds is 3. The Labute approximate surface area is 161 Å². The number of pyridine rings is 1. The molecular formula is C14H13F9N2O5. The Bertz CT molecular complexity index is 659. The number of carboxylic acids is 2. The molecule has 30 heavy (non-hydrogen) atoms. The molecule has 1 aliphatic heterocycles. The Morgan fingerprint density at radius 3 is 1.63 bits per heavy atom. The Kier molecular flexibility index (Phi) is 10.0. The summed E-state index contributed by atoms with van der Waals surface area (Å²) in [6, 6.07) is 2.36. The SMILES string of the molecule is FC(F)(F)c1ccc(COC2CNC2)nc1.O=C(O)C(F)(F)F.O=C(O)C(F)(F)F. The number of ether oxygens (including phenoxy) is 1. The van der Waals surface area contributed by atoms with Gasteiger partial charge in [0, 0.05) is 19.3 Å². The van der Waals surface area contributed by atoms with Gasteiger partial charge in [-0.1, -0.05) is 0 Å². The highest BCUT2D eigenvalue weighted by Gasteiger charge is 2.38. The van der Waals surface area contributed by atoms with Gasteiger partial charge in [0.1, 0.15) is 0 Å². The summed E-state index contributed by atoms with van der Waals surface area (Å²) in [4.78, 5) is 21.5. The smallest absolute Gasteiger partial charge is 0.475 e. The fraction of sp³-hybridized carbons (Fsp3) is 0.500. The van der Waals surface area contributed by atoms with E-state index in [1.807, 2.05) is 0 Å². The van der Waals surface area contributed by atoms with Gasteiger partial charge in [-0.05, 0) is 12.1 Å². The quantitative estimate of drug-likeness (QED) is 0.596. The predicted octanol–water partition coefficient (Wildman–Crippen LogP) is 2.86. The largest absolute Gasteiger partial charge is 0.490 e. The topological polar surface area (TPSA) is 109 Å². The van der Waals surface area contributed by atoms with Gasteiger partial charge in [-0.15, -0.1) is 0 Å². The first-order valence-corrected chi connectivity index (χ1v) is 7.39. The summed E-state index contributed by atoms with van der Waals surface area (Å²) in [5.74, 6) is -5.51. The highest BCUT2D eigenvalue weighted by Crippen LogP contribution is 2.28. The lowest BCUT2D eigenvalue weighted by atomic mass is 10.2. The number of aliphatic carboxylic acids is 2. The van der Waals surface area contributed by atoms with E-state index >= 15 is 0 Å². The molecule has 1 fully saturated rings. The number of halogens is 9. The third kappa shape index (κ3) is 11.4. The minimum absolute atomic E-state index is 0.157. The van der Waals surface area contributed by atoms with E-state index in [1.165, 1.54) is 6.07 Å². The fourth-order valence-corrected chi connectivity index (χ4v) is 1.26. The van der Waals surface area contributed by atoms with Crippen LogP contribution in [0.2, 0.25) is 0 Å². The van der Waals surface area contributed by atoms with Crippen molar-refractivity contribution in [2.45, 2.75) is 31.2 Å². The van der Waals surface area contributed by atoms with Crippen LogP contribution in [0.3, 0.4) is 0 Å². The van der Waals surface area contributed by atoms with Crippen LogP contribution in [0.1, 0.15) is 11.3 Å². The van der Waals surface area contributed by atoms with Crippen molar-refractivity contribution in [2.24, 2.45) is 0 Å². The van der Waals surface area contributed by atoms with E-state index in [9.17, 15) is 39.5 Å². The van der Waals surface area contributed by atoms with E-state index in [2.05, 4.69) is 10.3 Å². The molecule has 172 valence electrons. The van der Waals surface area contributed by atoms with Gasteiger partial charge in [0.2, 0.25) is 0 Å². The molecule has 1 aromatic heterocycles. The summed E-state index contributed by atoms with van der Waals surface area (Å²) in [5.41, 5.74) is -0.221. The lowest BCUT2D eigenvalue weighted by Gasteiger charge is -2.26. The van der Waals surface area contributed by atoms with Crippen LogP contribution in [0.5, 0.6) is 0 Å². The first-order valence-electron chi connectivity index (χ1n) is 7.39. The number of nitrogens with one attached hydrogen (secondary N) is 1. The maximum absolute atomic E-state index is 12.2. The Morgan fingerprint density at radius 2 is 1.40 bits per heavy atom. The summed E-state index contributed by atoms with van der Waals surface area (Å²) in [6.07, 6.45) is -13.5. The van der Waals surface area contributed by atoms with Gasteiger partial charge in [0.25, 0.3) is 0 Å². The Morgan fingerprint density at radius 1 is 0.967 bits per heavy atom. The average molecular weight is 460 g/mol. The minimum Gasteiger partial charge on any atom is -0.475 e. The predicted molar refractivity (Wildman–Crippen MR) is 78.1 cm³/mol. The molecule has 2 rings (SSSR count). The highest BCUT2D eigenvalue weighted by molar-refractivity contribution is 5.73. The van der Waals surface area contributed by atoms with Crippen molar-refractivity contribution in [2.75, 3.05) is 13.1 Å². The molecule has 1 saturated heterocycles. The molecule has 0 aliphatic carbocycles. The van der Waals surface area contributed by atoms with Crippen LogP contribution in [0.4, 0.5) is 39.5 Å². The zero-order valence-corrected chi connectivity index (χ0v) is 14.4. The zero-order chi connectivity index (χ0) is 23.8. The van der Waals surface area contributed by atoms with Crippen LogP contribution in [-0.4, -0.2) is 58.7 Å². The number of hydrogen-bond acceptors (Lipinski definition) is 5. The van der Waals surface area contributed by atoms with E-state index < -0.39 is 36.0 Å². The molecule has 0 saturated carbocycles. The number of alkyl halides is 9. The standard InChI is InChI=1S/C10H11F3N2O.2C2HF3O2/c11-10(12,13)7-1-2-8(15-3-7)6-16-9-4-14-5-9;2*3-2(4,5)1(6)7/h1-3,9,14H,4-6H2;2*(H,6,7). The lowest BCUT2D eigenvalue weighted by molar-refractivity contribution is -0.193. The molecule has 7 nitrogen and oxygen atoms in total. The normalized spacial score (nSPS) is 14.4. The van der Waals surface area contributed by atoms with Crippen molar-refractivity contribution in [3.05, 3.63) is 29.6 Å². The molecule has 0 amide bonds. The second-order valence-electron chi connectivity index (χ2n) is 5.23. The van der Waals surface area contributed by atoms with Gasteiger partial charge in [0.05, 0.1) is 24.0 Å². The number of carbonyl (C=O) groups is 2. The number of nitrogens with zero attached hydrogens (tertiary/aromatic N) is 1. The summed E-state index contributed by atoms with van der Waals surface area (Å²) < 4.78 is 106. The molecule has 0 aromatic carbocycles. The van der Waals surface area contributed by atoms with Crippen LogP contribution in [0.25, 0.3) is 0 Å². The number of aromatic nitrogens is 1. The Hall–Kier alpha value is -2.62. The summed E-state index contributed by atoms with van der Waals surface area (Å²) in [6.45, 7) is 1.84. The van der Waals surface area contributed by atoms with Crippen molar-refractivity contribution in [1.82, 2.24) is 10.3 Å². The first-order chi connectivity index (χ1) is 13.4. The van der Waals surface area contributed by atoms with Gasteiger partial charge >= 0.3 is 30.5 Å². The second kappa shape index (κ2) is 11.0. The van der Waals surface area contributed by atoms with Crippen LogP contribution in [0.15, 0.2) is 18.3 Å². The van der Waals surface area contributed by atoms with E-state index in [4.69, 9.17) is 24.5 Å². The third-order valence-electron chi connectivity index (χ3n) is 2.85. The van der Waals surface area contributed by atoms with Crippen LogP contribution in [0, 0.1) is 0 Å². The minimum atomic E-state index is -5.08. The Balaban J connectivity index is 0.000000503. The molecule has 0 unspecified atom stereocenters. The van der Waals surface area contributed by atoms with Gasteiger partial charge in [-0.25, -0.2) is 9.59 Å². The molecular weight excluding hydrogens is 447 g/mol. The van der Waals surface area contributed by atoms with E-state index in [-0.39, 0.29) is 12.7 Å². The maximum atomic E-state index is 12.2. The molecule has 0 atom stereocenters. The molecule has 2 heterocycles. The monoisotopic (exact) mass is 460 g/mol. The van der Waals surface area contributed by atoms with Gasteiger partial charge < -0.3 is 20.3 Å². The average Bonchev–Trinajstić information content (AvgIpc) is 2.52.